The van der Waals surface area contributed by atoms with Crippen molar-refractivity contribution < 1.29 is 23.5 Å². The summed E-state index contributed by atoms with van der Waals surface area (Å²) < 4.78 is 26.9. The fourth-order valence-corrected chi connectivity index (χ4v) is 5.10. The molecule has 0 aliphatic carbocycles. The average molecular weight is 580 g/mol. The second-order valence-electron chi connectivity index (χ2n) is 11.7. The van der Waals surface area contributed by atoms with Crippen LogP contribution in [0.3, 0.4) is 0 Å². The number of nitriles is 1. The van der Waals surface area contributed by atoms with Gasteiger partial charge in [0, 0.05) is 37.7 Å². The topological polar surface area (TPSA) is 82.9 Å². The van der Waals surface area contributed by atoms with Crippen LogP contribution in [0.2, 0.25) is 0 Å². The van der Waals surface area contributed by atoms with Crippen LogP contribution in [0.25, 0.3) is 10.8 Å². The largest absolute Gasteiger partial charge is 0.490 e. The van der Waals surface area contributed by atoms with Gasteiger partial charge in [0.2, 0.25) is 0 Å². The highest BCUT2D eigenvalue weighted by Gasteiger charge is 2.28. The van der Waals surface area contributed by atoms with E-state index in [9.17, 15) is 14.9 Å². The van der Waals surface area contributed by atoms with Gasteiger partial charge in [0.1, 0.15) is 23.3 Å². The quantitative estimate of drug-likeness (QED) is 0.237. The monoisotopic (exact) mass is 579 g/mol. The molecule has 0 unspecified atom stereocenters. The number of carbonyl (C=O) groups excluding carboxylic acids is 2. The lowest BCUT2D eigenvalue weighted by Crippen LogP contribution is -2.44. The summed E-state index contributed by atoms with van der Waals surface area (Å²) in [6.45, 7) is 6.67. The van der Waals surface area contributed by atoms with Crippen LogP contribution < -0.4 is 9.64 Å². The third kappa shape index (κ3) is 7.31. The SMILES string of the molecule is CC(C)(C)OC(=O)N1CCC(Oc2ccc(C(=O)N(Cc3ccc4ccc(C#N)cc4c3)c3ccccc3)c(F)c2)CC1. The number of anilines is 1. The number of halogens is 1. The summed E-state index contributed by atoms with van der Waals surface area (Å²) in [4.78, 5) is 29.3. The minimum atomic E-state index is -0.674. The Hall–Kier alpha value is -4.90. The molecule has 0 aromatic heterocycles. The van der Waals surface area contributed by atoms with Crippen LogP contribution in [-0.4, -0.2) is 41.7 Å². The maximum Gasteiger partial charge on any atom is 0.410 e. The number of amides is 2. The van der Waals surface area contributed by atoms with E-state index in [0.29, 0.717) is 42.9 Å². The fraction of sp³-hybridized carbons (Fsp3) is 0.286. The molecule has 4 aromatic rings. The van der Waals surface area contributed by atoms with Crippen molar-refractivity contribution in [2.75, 3.05) is 18.0 Å². The molecule has 1 saturated heterocycles. The Labute approximate surface area is 251 Å². The first-order valence-electron chi connectivity index (χ1n) is 14.3. The van der Waals surface area contributed by atoms with Crippen LogP contribution in [0.5, 0.6) is 5.75 Å². The van der Waals surface area contributed by atoms with Crippen molar-refractivity contribution in [3.8, 4) is 11.8 Å². The first kappa shape index (κ1) is 29.6. The van der Waals surface area contributed by atoms with E-state index >= 15 is 4.39 Å². The van der Waals surface area contributed by atoms with Crippen molar-refractivity contribution in [1.82, 2.24) is 4.90 Å². The number of fused-ring (bicyclic) bond motifs is 1. The van der Waals surface area contributed by atoms with E-state index in [1.807, 2.05) is 81.4 Å². The lowest BCUT2D eigenvalue weighted by molar-refractivity contribution is 0.0126. The number of piperidine rings is 1. The molecular formula is C35H34FN3O4. The molecule has 1 fully saturated rings. The third-order valence-corrected chi connectivity index (χ3v) is 7.25. The van der Waals surface area contributed by atoms with Gasteiger partial charge in [-0.1, -0.05) is 36.4 Å². The number of likely N-dealkylation sites (tertiary alicyclic amines) is 1. The Balaban J connectivity index is 1.30. The summed E-state index contributed by atoms with van der Waals surface area (Å²) in [5, 5.41) is 11.2. The summed E-state index contributed by atoms with van der Waals surface area (Å²) in [6, 6.07) is 26.9. The first-order valence-corrected chi connectivity index (χ1v) is 14.3. The number of hydrogen-bond donors (Lipinski definition) is 0. The van der Waals surface area contributed by atoms with Gasteiger partial charge < -0.3 is 19.3 Å². The predicted octanol–water partition coefficient (Wildman–Crippen LogP) is 7.48. The molecule has 5 rings (SSSR count). The number of rotatable bonds is 6. The highest BCUT2D eigenvalue weighted by atomic mass is 19.1. The Bertz CT molecular complexity index is 1670. The lowest BCUT2D eigenvalue weighted by Gasteiger charge is -2.33. The molecule has 0 N–H and O–H groups in total. The van der Waals surface area contributed by atoms with Crippen molar-refractivity contribution in [3.05, 3.63) is 107 Å². The second kappa shape index (κ2) is 12.5. The van der Waals surface area contributed by atoms with Crippen molar-refractivity contribution in [3.63, 3.8) is 0 Å². The molecule has 8 heteroatoms. The number of carbonyl (C=O) groups is 2. The average Bonchev–Trinajstić information content (AvgIpc) is 2.99. The molecule has 220 valence electrons. The predicted molar refractivity (Wildman–Crippen MR) is 163 cm³/mol. The molecule has 4 aromatic carbocycles. The highest BCUT2D eigenvalue weighted by molar-refractivity contribution is 6.06. The zero-order valence-corrected chi connectivity index (χ0v) is 24.5. The molecule has 0 saturated carbocycles. The van der Waals surface area contributed by atoms with Gasteiger partial charge in [-0.15, -0.1) is 0 Å². The number of nitrogens with zero attached hydrogens (tertiary/aromatic N) is 3. The second-order valence-corrected chi connectivity index (χ2v) is 11.7. The molecule has 2 amide bonds. The Morgan fingerprint density at radius 1 is 0.953 bits per heavy atom. The van der Waals surface area contributed by atoms with Crippen LogP contribution in [0.15, 0.2) is 84.9 Å². The first-order chi connectivity index (χ1) is 20.6. The highest BCUT2D eigenvalue weighted by Crippen LogP contribution is 2.27. The van der Waals surface area contributed by atoms with Gasteiger partial charge in [-0.2, -0.15) is 5.26 Å². The maximum absolute atomic E-state index is 15.5. The molecule has 43 heavy (non-hydrogen) atoms. The summed E-state index contributed by atoms with van der Waals surface area (Å²) in [5.41, 5.74) is 1.41. The molecule has 1 aliphatic rings. The normalized spacial score (nSPS) is 13.8. The fourth-order valence-electron chi connectivity index (χ4n) is 5.10. The smallest absolute Gasteiger partial charge is 0.410 e. The van der Waals surface area contributed by atoms with Crippen LogP contribution in [-0.2, 0) is 11.3 Å². The molecule has 0 bridgehead atoms. The summed E-state index contributed by atoms with van der Waals surface area (Å²) in [7, 11) is 0. The molecule has 0 radical (unpaired) electrons. The third-order valence-electron chi connectivity index (χ3n) is 7.25. The van der Waals surface area contributed by atoms with Crippen molar-refractivity contribution in [2.24, 2.45) is 0 Å². The summed E-state index contributed by atoms with van der Waals surface area (Å²) >= 11 is 0. The number of hydrogen-bond acceptors (Lipinski definition) is 5. The molecule has 0 spiro atoms. The Kier molecular flexibility index (Phi) is 8.63. The zero-order valence-electron chi connectivity index (χ0n) is 24.5. The van der Waals surface area contributed by atoms with E-state index in [4.69, 9.17) is 9.47 Å². The van der Waals surface area contributed by atoms with Gasteiger partial charge in [-0.25, -0.2) is 9.18 Å². The van der Waals surface area contributed by atoms with Crippen LogP contribution >= 0.6 is 0 Å². The van der Waals surface area contributed by atoms with Crippen molar-refractivity contribution in [1.29, 1.82) is 5.26 Å². The van der Waals surface area contributed by atoms with Gasteiger partial charge in [0.05, 0.1) is 23.7 Å². The van der Waals surface area contributed by atoms with Crippen LogP contribution in [0.4, 0.5) is 14.9 Å². The molecule has 1 aliphatic heterocycles. The molecule has 0 atom stereocenters. The van der Waals surface area contributed by atoms with Gasteiger partial charge in [0.25, 0.3) is 5.91 Å². The van der Waals surface area contributed by atoms with E-state index in [0.717, 1.165) is 16.3 Å². The van der Waals surface area contributed by atoms with Crippen LogP contribution in [0, 0.1) is 17.1 Å². The minimum absolute atomic E-state index is 0.0662. The van der Waals surface area contributed by atoms with Gasteiger partial charge in [0.15, 0.2) is 0 Å². The van der Waals surface area contributed by atoms with E-state index < -0.39 is 17.3 Å². The van der Waals surface area contributed by atoms with Gasteiger partial charge >= 0.3 is 6.09 Å². The number of para-hydroxylation sites is 1. The molecular weight excluding hydrogens is 545 g/mol. The molecule has 1 heterocycles. The van der Waals surface area contributed by atoms with E-state index in [-0.39, 0.29) is 24.3 Å². The van der Waals surface area contributed by atoms with Crippen LogP contribution in [0.1, 0.15) is 55.1 Å². The van der Waals surface area contributed by atoms with Gasteiger partial charge in [-0.05, 0) is 79.6 Å². The zero-order chi connectivity index (χ0) is 30.6. The maximum atomic E-state index is 15.5. The number of ether oxygens (including phenoxy) is 2. The van der Waals surface area contributed by atoms with E-state index in [2.05, 4.69) is 6.07 Å². The van der Waals surface area contributed by atoms with E-state index in [1.54, 1.807) is 21.9 Å². The minimum Gasteiger partial charge on any atom is -0.490 e. The summed E-state index contributed by atoms with van der Waals surface area (Å²) in [5.74, 6) is -0.822. The van der Waals surface area contributed by atoms with Crippen molar-refractivity contribution >= 4 is 28.5 Å². The van der Waals surface area contributed by atoms with Gasteiger partial charge in [-0.3, -0.25) is 4.79 Å². The molecule has 7 nitrogen and oxygen atoms in total. The number of benzene rings is 4. The standard InChI is InChI=1S/C35H34FN3O4/c1-35(2,3)43-34(41)38-17-15-29(16-18-38)42-30-13-14-31(32(36)21-30)33(40)39(28-7-5-4-6-8-28)23-25-10-12-26-11-9-24(22-37)19-27(26)20-25/h4-14,19-21,29H,15-18,23H2,1-3H3. The van der Waals surface area contributed by atoms with Crippen molar-refractivity contribution in [2.45, 2.75) is 51.9 Å². The summed E-state index contributed by atoms with van der Waals surface area (Å²) in [6.07, 6.45) is 0.643. The Morgan fingerprint density at radius 2 is 1.67 bits per heavy atom. The lowest BCUT2D eigenvalue weighted by atomic mass is 10.0. The van der Waals surface area contributed by atoms with E-state index in [1.165, 1.54) is 12.1 Å². The Morgan fingerprint density at radius 3 is 2.35 bits per heavy atom.